The van der Waals surface area contributed by atoms with Gasteiger partial charge in [0.2, 0.25) is 11.4 Å². The third kappa shape index (κ3) is 3.59. The zero-order valence-corrected chi connectivity index (χ0v) is 22.0. The van der Waals surface area contributed by atoms with Crippen LogP contribution in [-0.2, 0) is 0 Å². The van der Waals surface area contributed by atoms with Gasteiger partial charge in [-0.2, -0.15) is 0 Å². The maximum Gasteiger partial charge on any atom is 0.259 e. The molecule has 0 atom stereocenters. The number of fused-ring (bicyclic) bond motifs is 4. The number of ether oxygens (including phenoxy) is 1. The highest BCUT2D eigenvalue weighted by Gasteiger charge is 2.32. The van der Waals surface area contributed by atoms with Crippen LogP contribution in [0.25, 0.3) is 27.4 Å². The number of anilines is 2. The van der Waals surface area contributed by atoms with E-state index >= 15 is 4.39 Å². The number of carbonyl (C=O) groups is 1. The summed E-state index contributed by atoms with van der Waals surface area (Å²) in [5.41, 5.74) is 0.829. The van der Waals surface area contributed by atoms with E-state index in [1.54, 1.807) is 48.6 Å². The van der Waals surface area contributed by atoms with Crippen LogP contribution in [0, 0.1) is 5.82 Å². The van der Waals surface area contributed by atoms with E-state index in [1.807, 2.05) is 45.9 Å². The van der Waals surface area contributed by atoms with Gasteiger partial charge in [-0.05, 0) is 23.6 Å². The van der Waals surface area contributed by atoms with Crippen LogP contribution in [0.2, 0.25) is 0 Å². The van der Waals surface area contributed by atoms with Crippen molar-refractivity contribution < 1.29 is 13.9 Å². The number of nitrogens with zero attached hydrogens (tertiary/aromatic N) is 6. The van der Waals surface area contributed by atoms with E-state index in [0.29, 0.717) is 49.1 Å². The van der Waals surface area contributed by atoms with Crippen LogP contribution in [-0.4, -0.2) is 65.6 Å². The lowest BCUT2D eigenvalue weighted by molar-refractivity contribution is 0.0744. The maximum atomic E-state index is 15.5. The minimum Gasteiger partial charge on any atom is -0.451 e. The molecule has 1 amide bonds. The quantitative estimate of drug-likeness (QED) is 0.335. The number of benzene rings is 3. The molecule has 3 aromatic carbocycles. The van der Waals surface area contributed by atoms with Gasteiger partial charge < -0.3 is 24.0 Å². The Morgan fingerprint density at radius 1 is 0.975 bits per heavy atom. The second kappa shape index (κ2) is 9.04. The van der Waals surface area contributed by atoms with Crippen LogP contribution in [0.1, 0.15) is 10.4 Å². The van der Waals surface area contributed by atoms with Crippen LogP contribution in [0.5, 0.6) is 11.5 Å². The number of rotatable bonds is 3. The normalized spacial score (nSPS) is 14.3. The number of carbonyl (C=O) groups excluding carboxylic acids is 1. The summed E-state index contributed by atoms with van der Waals surface area (Å²) in [6.07, 6.45) is 4.96. The molecule has 5 aromatic rings. The largest absolute Gasteiger partial charge is 0.451 e. The highest BCUT2D eigenvalue weighted by atomic mass is 19.1. The number of pyridine rings is 1. The molecule has 0 spiro atoms. The predicted molar refractivity (Wildman–Crippen MR) is 152 cm³/mol. The molecule has 2 aromatic heterocycles. The number of amides is 1. The van der Waals surface area contributed by atoms with Crippen LogP contribution in [0.4, 0.5) is 16.0 Å². The van der Waals surface area contributed by atoms with Gasteiger partial charge in [0.1, 0.15) is 16.8 Å². The summed E-state index contributed by atoms with van der Waals surface area (Å²) in [7, 11) is 3.45. The van der Waals surface area contributed by atoms with Crippen LogP contribution in [0.15, 0.2) is 71.9 Å². The molecule has 200 valence electrons. The molecule has 4 heterocycles. The molecule has 2 aliphatic heterocycles. The van der Waals surface area contributed by atoms with E-state index in [0.717, 1.165) is 10.8 Å². The molecule has 40 heavy (non-hydrogen) atoms. The highest BCUT2D eigenvalue weighted by molar-refractivity contribution is 6.04. The van der Waals surface area contributed by atoms with E-state index in [1.165, 1.54) is 6.07 Å². The van der Waals surface area contributed by atoms with E-state index in [2.05, 4.69) is 9.97 Å². The van der Waals surface area contributed by atoms with Crippen molar-refractivity contribution in [3.05, 3.63) is 88.7 Å². The fourth-order valence-electron chi connectivity index (χ4n) is 5.67. The van der Waals surface area contributed by atoms with E-state index < -0.39 is 17.2 Å². The molecular weight excluding hydrogens is 511 g/mol. The molecule has 9 nitrogen and oxygen atoms in total. The summed E-state index contributed by atoms with van der Waals surface area (Å²) in [6.45, 7) is 1.86. The Kier molecular flexibility index (Phi) is 5.44. The minimum atomic E-state index is -0.596. The van der Waals surface area contributed by atoms with E-state index in [-0.39, 0.29) is 22.4 Å². The maximum absolute atomic E-state index is 15.5. The lowest BCUT2D eigenvalue weighted by Crippen LogP contribution is -2.50. The summed E-state index contributed by atoms with van der Waals surface area (Å²) in [5, 5.41) is 1.96. The van der Waals surface area contributed by atoms with Crippen molar-refractivity contribution in [3.63, 3.8) is 0 Å². The Balaban J connectivity index is 1.39. The van der Waals surface area contributed by atoms with Crippen LogP contribution >= 0.6 is 0 Å². The summed E-state index contributed by atoms with van der Waals surface area (Å²) in [5.74, 6) is 0.376. The van der Waals surface area contributed by atoms with Gasteiger partial charge in [0.15, 0.2) is 17.3 Å². The summed E-state index contributed by atoms with van der Waals surface area (Å²) < 4.78 is 23.6. The number of piperazine rings is 1. The fourth-order valence-corrected chi connectivity index (χ4v) is 5.67. The van der Waals surface area contributed by atoms with Gasteiger partial charge in [0.25, 0.3) is 5.91 Å². The first kappa shape index (κ1) is 24.1. The van der Waals surface area contributed by atoms with Gasteiger partial charge in [-0.3, -0.25) is 9.59 Å². The third-order valence-corrected chi connectivity index (χ3v) is 7.57. The first-order valence-electron chi connectivity index (χ1n) is 13.0. The molecule has 0 unspecified atom stereocenters. The smallest absolute Gasteiger partial charge is 0.259 e. The topological polar surface area (TPSA) is 83.8 Å². The van der Waals surface area contributed by atoms with Gasteiger partial charge in [0, 0.05) is 64.3 Å². The first-order valence-corrected chi connectivity index (χ1v) is 13.0. The Hall–Kier alpha value is -4.99. The second-order valence-electron chi connectivity index (χ2n) is 10.1. The van der Waals surface area contributed by atoms with E-state index in [9.17, 15) is 9.59 Å². The molecule has 2 aliphatic rings. The van der Waals surface area contributed by atoms with E-state index in [4.69, 9.17) is 4.74 Å². The number of hydrogen-bond donors (Lipinski definition) is 0. The van der Waals surface area contributed by atoms with Gasteiger partial charge in [-0.1, -0.05) is 30.3 Å². The van der Waals surface area contributed by atoms with Crippen molar-refractivity contribution >= 4 is 39.2 Å². The van der Waals surface area contributed by atoms with Gasteiger partial charge in [-0.15, -0.1) is 0 Å². The highest BCUT2D eigenvalue weighted by Crippen LogP contribution is 2.47. The van der Waals surface area contributed by atoms with Crippen molar-refractivity contribution in [2.24, 2.45) is 0 Å². The first-order chi connectivity index (χ1) is 19.4. The molecule has 7 rings (SSSR count). The SMILES string of the molecule is CN(C)c1c(F)cc2c(=O)c(C(=O)N3CCN(c4ncccn4)CC3)cn3c2c1Oc1ccc2ccccc2c1-3. The molecule has 10 heteroatoms. The molecule has 0 radical (unpaired) electrons. The fraction of sp³-hybridized carbons (Fsp3) is 0.200. The number of hydrogen-bond acceptors (Lipinski definition) is 7. The summed E-state index contributed by atoms with van der Waals surface area (Å²) in [6, 6.07) is 14.6. The third-order valence-electron chi connectivity index (χ3n) is 7.57. The summed E-state index contributed by atoms with van der Waals surface area (Å²) in [4.78, 5) is 41.5. The molecule has 0 N–H and O–H groups in total. The lowest BCUT2D eigenvalue weighted by atomic mass is 10.0. The molecule has 1 fully saturated rings. The number of aromatic nitrogens is 3. The minimum absolute atomic E-state index is 0.0133. The van der Waals surface area contributed by atoms with Gasteiger partial charge in [-0.25, -0.2) is 14.4 Å². The molecule has 1 saturated heterocycles. The number of halogens is 1. The molecule has 0 bridgehead atoms. The van der Waals surface area contributed by atoms with Gasteiger partial charge in [0.05, 0.1) is 11.1 Å². The van der Waals surface area contributed by atoms with Crippen molar-refractivity contribution in [2.75, 3.05) is 50.1 Å². The van der Waals surface area contributed by atoms with Crippen LogP contribution in [0.3, 0.4) is 0 Å². The average Bonchev–Trinajstić information content (AvgIpc) is 2.98. The van der Waals surface area contributed by atoms with Crippen molar-refractivity contribution in [2.45, 2.75) is 0 Å². The molecule has 0 aliphatic carbocycles. The molecular formula is C30H25FN6O3. The zero-order valence-electron chi connectivity index (χ0n) is 22.0. The summed E-state index contributed by atoms with van der Waals surface area (Å²) >= 11 is 0. The predicted octanol–water partition coefficient (Wildman–Crippen LogP) is 4.21. The van der Waals surface area contributed by atoms with Crippen molar-refractivity contribution in [3.8, 4) is 17.2 Å². The monoisotopic (exact) mass is 536 g/mol. The Morgan fingerprint density at radius 3 is 2.48 bits per heavy atom. The lowest BCUT2D eigenvalue weighted by Gasteiger charge is -2.35. The Bertz CT molecular complexity index is 1880. The van der Waals surface area contributed by atoms with Crippen LogP contribution < -0.4 is 20.0 Å². The molecule has 0 saturated carbocycles. The standard InChI is InChI=1S/C30H25FN6O3/c1-34(2)26-22(31)16-20-25-28(26)40-23-9-8-18-6-3-4-7-19(18)24(23)37(25)17-21(27(20)38)29(39)35-12-14-36(15-13-35)30-32-10-5-11-33-30/h3-11,16-17H,12-15H2,1-2H3. The zero-order chi connectivity index (χ0) is 27.5. The Labute approximate surface area is 228 Å². The van der Waals surface area contributed by atoms with Crippen molar-refractivity contribution in [1.82, 2.24) is 19.4 Å². The van der Waals surface area contributed by atoms with Crippen molar-refractivity contribution in [1.29, 1.82) is 0 Å². The second-order valence-corrected chi connectivity index (χ2v) is 10.1. The van der Waals surface area contributed by atoms with Gasteiger partial charge >= 0.3 is 0 Å². The Morgan fingerprint density at radius 2 is 1.73 bits per heavy atom. The average molecular weight is 537 g/mol.